The summed E-state index contributed by atoms with van der Waals surface area (Å²) in [5.74, 6) is 1.29. The minimum Gasteiger partial charge on any atom is -0.421 e. The van der Waals surface area contributed by atoms with E-state index in [1.165, 1.54) is 0 Å². The van der Waals surface area contributed by atoms with Crippen LogP contribution in [0.1, 0.15) is 12.3 Å². The van der Waals surface area contributed by atoms with Crippen LogP contribution in [0, 0.1) is 0 Å². The van der Waals surface area contributed by atoms with E-state index in [9.17, 15) is 4.79 Å². The lowest BCUT2D eigenvalue weighted by Crippen LogP contribution is -2.58. The zero-order valence-electron chi connectivity index (χ0n) is 14.6. The predicted molar refractivity (Wildman–Crippen MR) is 92.8 cm³/mol. The maximum absolute atomic E-state index is 12.2. The molecule has 1 amide bonds. The summed E-state index contributed by atoms with van der Waals surface area (Å²) in [6, 6.07) is 10.3. The molecule has 132 valence electrons. The van der Waals surface area contributed by atoms with Crippen LogP contribution < -0.4 is 5.32 Å². The molecule has 7 heteroatoms. The van der Waals surface area contributed by atoms with Crippen LogP contribution in [0.2, 0.25) is 0 Å². The second-order valence-electron chi connectivity index (χ2n) is 7.04. The number of likely N-dealkylation sites (N-methyl/N-ethyl adjacent to an activating group) is 1. The third-order valence-corrected chi connectivity index (χ3v) is 5.23. The van der Waals surface area contributed by atoms with Gasteiger partial charge in [-0.05, 0) is 32.6 Å². The van der Waals surface area contributed by atoms with Crippen LogP contribution >= 0.6 is 0 Å². The highest BCUT2D eigenvalue weighted by molar-refractivity contribution is 5.83. The van der Waals surface area contributed by atoms with Crippen LogP contribution in [0.5, 0.6) is 0 Å². The number of aromatic nitrogens is 2. The van der Waals surface area contributed by atoms with Crippen molar-refractivity contribution >= 4 is 5.91 Å². The van der Waals surface area contributed by atoms with Gasteiger partial charge in [-0.15, -0.1) is 10.2 Å². The van der Waals surface area contributed by atoms with Gasteiger partial charge in [0.2, 0.25) is 17.7 Å². The molecule has 1 aromatic carbocycles. The Morgan fingerprint density at radius 3 is 2.84 bits per heavy atom. The molecule has 0 radical (unpaired) electrons. The van der Waals surface area contributed by atoms with Crippen molar-refractivity contribution in [1.82, 2.24) is 25.3 Å². The Morgan fingerprint density at radius 2 is 2.08 bits per heavy atom. The average Bonchev–Trinajstić information content (AvgIpc) is 3.26. The van der Waals surface area contributed by atoms with Gasteiger partial charge in [0, 0.05) is 37.2 Å². The molecule has 0 aliphatic carbocycles. The number of hydrogen-bond donors (Lipinski definition) is 1. The highest BCUT2D eigenvalue weighted by atomic mass is 16.4. The Bertz CT molecular complexity index is 745. The molecule has 4 rings (SSSR count). The molecule has 2 aliphatic rings. The standard InChI is InChI=1S/C18H23N5O2/c1-22(2)14-8-15-17(24)19-10-13(23(15)11-14)9-16-20-21-18(25-16)12-6-4-3-5-7-12/h3-7,13-15H,8-11H2,1-2H3,(H,19,24)/t13-,14+,15+/m1/s1. The first-order valence-electron chi connectivity index (χ1n) is 8.69. The van der Waals surface area contributed by atoms with Crippen molar-refractivity contribution in [1.29, 1.82) is 0 Å². The summed E-state index contributed by atoms with van der Waals surface area (Å²) in [6.07, 6.45) is 1.52. The molecule has 2 aromatic rings. The third kappa shape index (κ3) is 3.17. The van der Waals surface area contributed by atoms with Crippen molar-refractivity contribution in [2.45, 2.75) is 31.0 Å². The van der Waals surface area contributed by atoms with Gasteiger partial charge >= 0.3 is 0 Å². The molecule has 1 aromatic heterocycles. The van der Waals surface area contributed by atoms with Crippen molar-refractivity contribution < 1.29 is 9.21 Å². The molecule has 0 saturated carbocycles. The number of benzene rings is 1. The number of nitrogens with zero attached hydrogens (tertiary/aromatic N) is 4. The molecule has 7 nitrogen and oxygen atoms in total. The van der Waals surface area contributed by atoms with E-state index in [0.29, 0.717) is 30.8 Å². The van der Waals surface area contributed by atoms with E-state index in [1.54, 1.807) is 0 Å². The number of hydrogen-bond acceptors (Lipinski definition) is 6. The fourth-order valence-corrected chi connectivity index (χ4v) is 3.75. The van der Waals surface area contributed by atoms with Crippen molar-refractivity contribution in [3.63, 3.8) is 0 Å². The normalized spacial score (nSPS) is 26.7. The van der Waals surface area contributed by atoms with Crippen molar-refractivity contribution in [2.75, 3.05) is 27.2 Å². The maximum atomic E-state index is 12.2. The van der Waals surface area contributed by atoms with Crippen LogP contribution in [0.25, 0.3) is 11.5 Å². The van der Waals surface area contributed by atoms with E-state index in [-0.39, 0.29) is 18.0 Å². The summed E-state index contributed by atoms with van der Waals surface area (Å²) in [7, 11) is 4.14. The summed E-state index contributed by atoms with van der Waals surface area (Å²) in [6.45, 7) is 1.52. The van der Waals surface area contributed by atoms with Gasteiger partial charge in [0.25, 0.3) is 0 Å². The summed E-state index contributed by atoms with van der Waals surface area (Å²) >= 11 is 0. The molecular formula is C18H23N5O2. The molecular weight excluding hydrogens is 318 g/mol. The molecule has 0 bridgehead atoms. The minimum absolute atomic E-state index is 0.0531. The predicted octanol–water partition coefficient (Wildman–Crippen LogP) is 0.782. The largest absolute Gasteiger partial charge is 0.421 e. The number of piperazine rings is 1. The zero-order valence-corrected chi connectivity index (χ0v) is 14.6. The smallest absolute Gasteiger partial charge is 0.247 e. The number of carbonyl (C=O) groups is 1. The summed E-state index contributed by atoms with van der Waals surface area (Å²) in [5, 5.41) is 11.4. The Hall–Kier alpha value is -2.25. The van der Waals surface area contributed by atoms with Gasteiger partial charge in [-0.3, -0.25) is 9.69 Å². The van der Waals surface area contributed by atoms with E-state index in [1.807, 2.05) is 30.3 Å². The van der Waals surface area contributed by atoms with E-state index >= 15 is 0 Å². The first kappa shape index (κ1) is 16.2. The highest BCUT2D eigenvalue weighted by Gasteiger charge is 2.44. The number of nitrogens with one attached hydrogen (secondary N) is 1. The monoisotopic (exact) mass is 341 g/mol. The van der Waals surface area contributed by atoms with Crippen LogP contribution in [0.15, 0.2) is 34.7 Å². The first-order valence-corrected chi connectivity index (χ1v) is 8.69. The van der Waals surface area contributed by atoms with Gasteiger partial charge < -0.3 is 14.6 Å². The van der Waals surface area contributed by atoms with Gasteiger partial charge in [0.05, 0.1) is 6.04 Å². The summed E-state index contributed by atoms with van der Waals surface area (Å²) in [5.41, 5.74) is 0.921. The Kier molecular flexibility index (Phi) is 4.27. The average molecular weight is 341 g/mol. The van der Waals surface area contributed by atoms with Gasteiger partial charge in [-0.1, -0.05) is 18.2 Å². The zero-order chi connectivity index (χ0) is 17.4. The number of carbonyl (C=O) groups excluding carboxylic acids is 1. The lowest BCUT2D eigenvalue weighted by molar-refractivity contribution is -0.129. The van der Waals surface area contributed by atoms with Crippen LogP contribution in [0.4, 0.5) is 0 Å². The topological polar surface area (TPSA) is 74.5 Å². The van der Waals surface area contributed by atoms with E-state index in [0.717, 1.165) is 18.5 Å². The molecule has 1 N–H and O–H groups in total. The van der Waals surface area contributed by atoms with Gasteiger partial charge in [-0.2, -0.15) is 0 Å². The first-order chi connectivity index (χ1) is 12.1. The Balaban J connectivity index is 1.49. The number of rotatable bonds is 4. The van der Waals surface area contributed by atoms with Crippen molar-refractivity contribution in [3.8, 4) is 11.5 Å². The molecule has 0 unspecified atom stereocenters. The summed E-state index contributed by atoms with van der Waals surface area (Å²) < 4.78 is 5.85. The van der Waals surface area contributed by atoms with Crippen LogP contribution in [-0.2, 0) is 11.2 Å². The molecule has 2 fully saturated rings. The molecule has 3 atom stereocenters. The van der Waals surface area contributed by atoms with E-state index < -0.39 is 0 Å². The van der Waals surface area contributed by atoms with Gasteiger partial charge in [0.15, 0.2) is 0 Å². The summed E-state index contributed by atoms with van der Waals surface area (Å²) in [4.78, 5) is 16.7. The third-order valence-electron chi connectivity index (χ3n) is 5.23. The van der Waals surface area contributed by atoms with Crippen LogP contribution in [-0.4, -0.2) is 71.2 Å². The fraction of sp³-hybridized carbons (Fsp3) is 0.500. The molecule has 3 heterocycles. The number of fused-ring (bicyclic) bond motifs is 1. The fourth-order valence-electron chi connectivity index (χ4n) is 3.75. The quantitative estimate of drug-likeness (QED) is 0.886. The molecule has 2 aliphatic heterocycles. The Labute approximate surface area is 147 Å². The molecule has 25 heavy (non-hydrogen) atoms. The SMILES string of the molecule is CN(C)[C@H]1C[C@H]2C(=O)NC[C@@H](Cc3nnc(-c4ccccc4)o3)N2C1. The number of amides is 1. The highest BCUT2D eigenvalue weighted by Crippen LogP contribution is 2.27. The molecule has 0 spiro atoms. The van der Waals surface area contributed by atoms with E-state index in [4.69, 9.17) is 4.42 Å². The van der Waals surface area contributed by atoms with Gasteiger partial charge in [-0.25, -0.2) is 0 Å². The maximum Gasteiger partial charge on any atom is 0.247 e. The molecule has 2 saturated heterocycles. The van der Waals surface area contributed by atoms with Crippen molar-refractivity contribution in [3.05, 3.63) is 36.2 Å². The van der Waals surface area contributed by atoms with E-state index in [2.05, 4.69) is 39.4 Å². The second kappa shape index (κ2) is 6.57. The second-order valence-corrected chi connectivity index (χ2v) is 7.04. The van der Waals surface area contributed by atoms with Crippen molar-refractivity contribution in [2.24, 2.45) is 0 Å². The Morgan fingerprint density at radius 1 is 1.28 bits per heavy atom. The van der Waals surface area contributed by atoms with Gasteiger partial charge in [0.1, 0.15) is 0 Å². The minimum atomic E-state index is -0.0531. The lowest BCUT2D eigenvalue weighted by atomic mass is 10.1. The van der Waals surface area contributed by atoms with Crippen LogP contribution in [0.3, 0.4) is 0 Å². The lowest BCUT2D eigenvalue weighted by Gasteiger charge is -2.36.